The third-order valence-electron chi connectivity index (χ3n) is 3.75. The lowest BCUT2D eigenvalue weighted by molar-refractivity contribution is 0.0269. The average molecular weight is 293 g/mol. The van der Waals surface area contributed by atoms with E-state index in [2.05, 4.69) is 10.3 Å². The number of nitrogen functional groups attached to an aromatic ring is 1. The topological polar surface area (TPSA) is 87.8 Å². The fourth-order valence-electron chi connectivity index (χ4n) is 2.51. The van der Waals surface area contributed by atoms with Crippen LogP contribution in [-0.4, -0.2) is 48.8 Å². The van der Waals surface area contributed by atoms with Gasteiger partial charge in [-0.1, -0.05) is 6.07 Å². The Morgan fingerprint density at radius 3 is 2.95 bits per heavy atom. The molecular weight excluding hydrogens is 270 g/mol. The van der Waals surface area contributed by atoms with E-state index in [4.69, 9.17) is 10.6 Å². The lowest BCUT2D eigenvalue weighted by atomic mass is 9.82. The van der Waals surface area contributed by atoms with E-state index in [1.807, 2.05) is 13.1 Å². The Morgan fingerprint density at radius 2 is 2.29 bits per heavy atom. The number of aliphatic hydroxyl groups excluding tert-OH is 1. The molecule has 0 radical (unpaired) electrons. The molecule has 1 aromatic carbocycles. The Kier molecular flexibility index (Phi) is 5.55. The number of amides is 1. The molecule has 0 aromatic heterocycles. The quantitative estimate of drug-likeness (QED) is 0.384. The van der Waals surface area contributed by atoms with Crippen LogP contribution >= 0.6 is 0 Å². The zero-order valence-corrected chi connectivity index (χ0v) is 12.3. The molecule has 1 aliphatic rings. The summed E-state index contributed by atoms with van der Waals surface area (Å²) in [6, 6.07) is 6.93. The van der Waals surface area contributed by atoms with Gasteiger partial charge in [0.25, 0.3) is 5.91 Å². The molecule has 6 heteroatoms. The van der Waals surface area contributed by atoms with Gasteiger partial charge in [0.2, 0.25) is 0 Å². The van der Waals surface area contributed by atoms with Crippen LogP contribution in [0.3, 0.4) is 0 Å². The van der Waals surface area contributed by atoms with E-state index in [-0.39, 0.29) is 12.0 Å². The molecule has 0 aliphatic heterocycles. The van der Waals surface area contributed by atoms with Gasteiger partial charge in [-0.2, -0.15) is 0 Å². The third kappa shape index (κ3) is 4.70. The molecule has 0 bridgehead atoms. The highest BCUT2D eigenvalue weighted by Gasteiger charge is 2.27. The van der Waals surface area contributed by atoms with Crippen molar-refractivity contribution in [2.75, 3.05) is 26.7 Å². The minimum atomic E-state index is -0.332. The van der Waals surface area contributed by atoms with Gasteiger partial charge in [0.15, 0.2) is 0 Å². The second-order valence-corrected chi connectivity index (χ2v) is 5.60. The summed E-state index contributed by atoms with van der Waals surface area (Å²) in [5.74, 6) is 6.03. The highest BCUT2D eigenvalue weighted by Crippen LogP contribution is 2.27. The Morgan fingerprint density at radius 1 is 1.52 bits per heavy atom. The zero-order chi connectivity index (χ0) is 15.2. The maximum Gasteiger partial charge on any atom is 0.265 e. The number of benzene rings is 1. The van der Waals surface area contributed by atoms with Crippen LogP contribution in [0.5, 0.6) is 5.75 Å². The van der Waals surface area contributed by atoms with E-state index in [1.165, 1.54) is 0 Å². The minimum absolute atomic E-state index is 0.101. The fourth-order valence-corrected chi connectivity index (χ4v) is 2.51. The van der Waals surface area contributed by atoms with Crippen molar-refractivity contribution in [1.82, 2.24) is 10.3 Å². The molecule has 1 fully saturated rings. The molecule has 0 heterocycles. The van der Waals surface area contributed by atoms with Gasteiger partial charge in [-0.3, -0.25) is 10.2 Å². The number of nitrogens with two attached hydrogens (primary N) is 1. The van der Waals surface area contributed by atoms with Crippen molar-refractivity contribution in [1.29, 1.82) is 0 Å². The molecule has 116 valence electrons. The normalized spacial score (nSPS) is 21.0. The first kappa shape index (κ1) is 15.8. The van der Waals surface area contributed by atoms with Crippen molar-refractivity contribution < 1.29 is 14.6 Å². The van der Waals surface area contributed by atoms with Gasteiger partial charge in [-0.15, -0.1) is 0 Å². The Balaban J connectivity index is 1.71. The molecule has 0 unspecified atom stereocenters. The van der Waals surface area contributed by atoms with Gasteiger partial charge in [-0.05, 0) is 44.0 Å². The van der Waals surface area contributed by atoms with Crippen LogP contribution in [0.2, 0.25) is 0 Å². The van der Waals surface area contributed by atoms with Crippen LogP contribution in [-0.2, 0) is 0 Å². The Hall–Kier alpha value is -1.63. The number of hydrogen-bond donors (Lipinski definition) is 3. The predicted molar refractivity (Wildman–Crippen MR) is 79.8 cm³/mol. The number of hydrogen-bond acceptors (Lipinski definition) is 5. The molecule has 0 atom stereocenters. The van der Waals surface area contributed by atoms with E-state index in [9.17, 15) is 9.90 Å². The first-order valence-electron chi connectivity index (χ1n) is 7.19. The van der Waals surface area contributed by atoms with Crippen molar-refractivity contribution in [2.45, 2.75) is 18.9 Å². The van der Waals surface area contributed by atoms with Gasteiger partial charge in [0, 0.05) is 18.7 Å². The van der Waals surface area contributed by atoms with Crippen LogP contribution < -0.4 is 16.0 Å². The number of nitrogens with zero attached hydrogens (tertiary/aromatic N) is 1. The summed E-state index contributed by atoms with van der Waals surface area (Å²) in [4.78, 5) is 13.6. The standard InChI is InChI=1S/C15H23N3O3/c1-18(10-11-7-13(19)8-11)5-6-21-14-4-2-3-12(9-14)15(20)17-16/h2-4,9,11,13,19H,5-8,10,16H2,1H3,(H,17,20). The number of hydrazine groups is 1. The lowest BCUT2D eigenvalue weighted by Crippen LogP contribution is -2.38. The molecule has 1 saturated carbocycles. The summed E-state index contributed by atoms with van der Waals surface area (Å²) in [5, 5.41) is 9.26. The number of carbonyl (C=O) groups excluding carboxylic acids is 1. The molecule has 2 rings (SSSR count). The first-order valence-corrected chi connectivity index (χ1v) is 7.19. The number of rotatable bonds is 7. The summed E-state index contributed by atoms with van der Waals surface area (Å²) in [5.41, 5.74) is 2.58. The summed E-state index contributed by atoms with van der Waals surface area (Å²) in [7, 11) is 2.05. The number of nitrogens with one attached hydrogen (secondary N) is 1. The average Bonchev–Trinajstić information content (AvgIpc) is 2.45. The summed E-state index contributed by atoms with van der Waals surface area (Å²) >= 11 is 0. The van der Waals surface area contributed by atoms with Gasteiger partial charge < -0.3 is 14.7 Å². The molecule has 0 spiro atoms. The van der Waals surface area contributed by atoms with Crippen molar-refractivity contribution >= 4 is 5.91 Å². The van der Waals surface area contributed by atoms with Crippen molar-refractivity contribution in [2.24, 2.45) is 11.8 Å². The highest BCUT2D eigenvalue weighted by atomic mass is 16.5. The summed E-state index contributed by atoms with van der Waals surface area (Å²) < 4.78 is 5.65. The highest BCUT2D eigenvalue weighted by molar-refractivity contribution is 5.94. The van der Waals surface area contributed by atoms with E-state index >= 15 is 0 Å². The Labute approximate surface area is 124 Å². The van der Waals surface area contributed by atoms with Gasteiger partial charge in [-0.25, -0.2) is 5.84 Å². The zero-order valence-electron chi connectivity index (χ0n) is 12.3. The first-order chi connectivity index (χ1) is 10.1. The van der Waals surface area contributed by atoms with E-state index in [0.717, 1.165) is 25.9 Å². The lowest BCUT2D eigenvalue weighted by Gasteiger charge is -2.34. The molecule has 21 heavy (non-hydrogen) atoms. The molecule has 4 N–H and O–H groups in total. The smallest absolute Gasteiger partial charge is 0.265 e. The van der Waals surface area contributed by atoms with Crippen LogP contribution in [0.25, 0.3) is 0 Å². The maximum atomic E-state index is 11.4. The van der Waals surface area contributed by atoms with Gasteiger partial charge in [0.05, 0.1) is 6.10 Å². The van der Waals surface area contributed by atoms with Crippen LogP contribution in [0.15, 0.2) is 24.3 Å². The predicted octanol–water partition coefficient (Wildman–Crippen LogP) is 0.372. The van der Waals surface area contributed by atoms with Crippen molar-refractivity contribution in [3.05, 3.63) is 29.8 Å². The number of likely N-dealkylation sites (N-methyl/N-ethyl adjacent to an activating group) is 1. The van der Waals surface area contributed by atoms with E-state index in [0.29, 0.717) is 23.8 Å². The number of ether oxygens (including phenoxy) is 1. The summed E-state index contributed by atoms with van der Waals surface area (Å²) in [6.07, 6.45) is 1.71. The van der Waals surface area contributed by atoms with E-state index in [1.54, 1.807) is 18.2 Å². The minimum Gasteiger partial charge on any atom is -0.492 e. The van der Waals surface area contributed by atoms with Crippen LogP contribution in [0, 0.1) is 5.92 Å². The monoisotopic (exact) mass is 293 g/mol. The molecule has 1 amide bonds. The number of aliphatic hydroxyl groups is 1. The number of carbonyl (C=O) groups is 1. The second kappa shape index (κ2) is 7.40. The van der Waals surface area contributed by atoms with Crippen molar-refractivity contribution in [3.8, 4) is 5.75 Å². The SMILES string of the molecule is CN(CCOc1cccc(C(=O)NN)c1)CC1CC(O)C1. The maximum absolute atomic E-state index is 11.4. The van der Waals surface area contributed by atoms with E-state index < -0.39 is 0 Å². The van der Waals surface area contributed by atoms with Crippen LogP contribution in [0.4, 0.5) is 0 Å². The molecule has 1 aliphatic carbocycles. The van der Waals surface area contributed by atoms with Crippen molar-refractivity contribution in [3.63, 3.8) is 0 Å². The van der Waals surface area contributed by atoms with Gasteiger partial charge >= 0.3 is 0 Å². The molecule has 6 nitrogen and oxygen atoms in total. The third-order valence-corrected chi connectivity index (χ3v) is 3.75. The fraction of sp³-hybridized carbons (Fsp3) is 0.533. The second-order valence-electron chi connectivity index (χ2n) is 5.60. The Bertz CT molecular complexity index is 475. The molecule has 0 saturated heterocycles. The largest absolute Gasteiger partial charge is 0.492 e. The van der Waals surface area contributed by atoms with Crippen LogP contribution in [0.1, 0.15) is 23.2 Å². The summed E-state index contributed by atoms with van der Waals surface area (Å²) in [6.45, 7) is 2.34. The molecule has 1 aromatic rings. The molecular formula is C15H23N3O3. The van der Waals surface area contributed by atoms with Gasteiger partial charge in [0.1, 0.15) is 12.4 Å².